The lowest BCUT2D eigenvalue weighted by Crippen LogP contribution is -2.24. The van der Waals surface area contributed by atoms with Gasteiger partial charge in [0.1, 0.15) is 5.60 Å². The van der Waals surface area contributed by atoms with E-state index in [2.05, 4.69) is 0 Å². The van der Waals surface area contributed by atoms with Gasteiger partial charge in [-0.15, -0.1) is 0 Å². The van der Waals surface area contributed by atoms with E-state index in [0.29, 0.717) is 5.69 Å². The number of esters is 2. The molecule has 0 fully saturated rings. The van der Waals surface area contributed by atoms with Crippen molar-refractivity contribution in [3.63, 3.8) is 0 Å². The molecular weight excluding hydrogens is 246 g/mol. The van der Waals surface area contributed by atoms with E-state index < -0.39 is 17.5 Å². The topological polar surface area (TPSA) is 78.6 Å². The lowest BCUT2D eigenvalue weighted by atomic mass is 10.1. The average Bonchev–Trinajstić information content (AvgIpc) is 2.26. The number of carbonyl (C=O) groups is 2. The van der Waals surface area contributed by atoms with E-state index in [1.165, 1.54) is 18.2 Å². The van der Waals surface area contributed by atoms with Crippen LogP contribution in [0.25, 0.3) is 0 Å². The molecule has 0 aliphatic heterocycles. The van der Waals surface area contributed by atoms with E-state index in [1.807, 2.05) is 0 Å². The predicted molar refractivity (Wildman–Crippen MR) is 72.0 cm³/mol. The maximum atomic E-state index is 11.9. The maximum absolute atomic E-state index is 11.9. The Kier molecular flexibility index (Phi) is 4.53. The number of rotatable bonds is 3. The number of carbonyl (C=O) groups excluding carboxylic acids is 2. The van der Waals surface area contributed by atoms with E-state index >= 15 is 0 Å². The first kappa shape index (κ1) is 15.0. The van der Waals surface area contributed by atoms with Gasteiger partial charge in [-0.05, 0) is 45.9 Å². The molecule has 5 heteroatoms. The molecule has 0 saturated carbocycles. The Bertz CT molecular complexity index is 489. The zero-order valence-corrected chi connectivity index (χ0v) is 11.6. The van der Waals surface area contributed by atoms with Crippen LogP contribution < -0.4 is 5.73 Å². The maximum Gasteiger partial charge on any atom is 0.338 e. The van der Waals surface area contributed by atoms with Crippen LogP contribution in [-0.4, -0.2) is 24.1 Å². The molecule has 0 amide bonds. The summed E-state index contributed by atoms with van der Waals surface area (Å²) in [5.74, 6) is -1.04. The molecule has 0 atom stereocenters. The molecule has 2 N–H and O–H groups in total. The van der Waals surface area contributed by atoms with Crippen molar-refractivity contribution >= 4 is 17.6 Å². The number of nitrogen functional groups attached to an aromatic ring is 1. The summed E-state index contributed by atoms with van der Waals surface area (Å²) in [4.78, 5) is 23.5. The average molecular weight is 265 g/mol. The number of hydrogen-bond acceptors (Lipinski definition) is 5. The smallest absolute Gasteiger partial charge is 0.338 e. The normalized spacial score (nSPS) is 10.9. The van der Waals surface area contributed by atoms with Crippen molar-refractivity contribution < 1.29 is 19.1 Å². The highest BCUT2D eigenvalue weighted by Crippen LogP contribution is 2.17. The van der Waals surface area contributed by atoms with Crippen molar-refractivity contribution in [3.8, 4) is 0 Å². The Morgan fingerprint density at radius 3 is 2.11 bits per heavy atom. The molecule has 0 aliphatic carbocycles. The van der Waals surface area contributed by atoms with Crippen LogP contribution in [0.3, 0.4) is 0 Å². The van der Waals surface area contributed by atoms with Gasteiger partial charge in [0, 0.05) is 5.69 Å². The van der Waals surface area contributed by atoms with Crippen LogP contribution in [0.4, 0.5) is 5.69 Å². The van der Waals surface area contributed by atoms with Crippen molar-refractivity contribution in [2.45, 2.75) is 33.3 Å². The first-order valence-electron chi connectivity index (χ1n) is 6.04. The van der Waals surface area contributed by atoms with Gasteiger partial charge in [0.05, 0.1) is 17.7 Å². The van der Waals surface area contributed by atoms with Crippen molar-refractivity contribution in [3.05, 3.63) is 29.3 Å². The molecule has 0 bridgehead atoms. The third-order valence-corrected chi connectivity index (χ3v) is 2.10. The molecule has 0 saturated heterocycles. The zero-order chi connectivity index (χ0) is 14.6. The van der Waals surface area contributed by atoms with Crippen molar-refractivity contribution in [2.24, 2.45) is 0 Å². The van der Waals surface area contributed by atoms with Gasteiger partial charge in [-0.2, -0.15) is 0 Å². The fraction of sp³-hybridized carbons (Fsp3) is 0.429. The summed E-state index contributed by atoms with van der Waals surface area (Å²) >= 11 is 0. The molecule has 0 aliphatic rings. The van der Waals surface area contributed by atoms with Gasteiger partial charge in [0.2, 0.25) is 0 Å². The second-order valence-electron chi connectivity index (χ2n) is 5.07. The van der Waals surface area contributed by atoms with Gasteiger partial charge in [-0.25, -0.2) is 9.59 Å². The highest BCUT2D eigenvalue weighted by Gasteiger charge is 2.19. The summed E-state index contributed by atoms with van der Waals surface area (Å²) in [5, 5.41) is 0. The second kappa shape index (κ2) is 5.73. The summed E-state index contributed by atoms with van der Waals surface area (Å²) in [7, 11) is 0. The minimum absolute atomic E-state index is 0.234. The van der Waals surface area contributed by atoms with E-state index in [4.69, 9.17) is 15.2 Å². The third kappa shape index (κ3) is 4.62. The van der Waals surface area contributed by atoms with Crippen LogP contribution in [0.1, 0.15) is 48.4 Å². The van der Waals surface area contributed by atoms with Gasteiger partial charge in [-0.1, -0.05) is 0 Å². The Morgan fingerprint density at radius 2 is 1.63 bits per heavy atom. The molecular formula is C14H19NO4. The van der Waals surface area contributed by atoms with Gasteiger partial charge in [0.25, 0.3) is 0 Å². The van der Waals surface area contributed by atoms with Gasteiger partial charge >= 0.3 is 11.9 Å². The van der Waals surface area contributed by atoms with Gasteiger partial charge < -0.3 is 15.2 Å². The highest BCUT2D eigenvalue weighted by molar-refractivity contribution is 5.96. The lowest BCUT2D eigenvalue weighted by molar-refractivity contribution is 0.00695. The Balaban J connectivity index is 3.03. The van der Waals surface area contributed by atoms with Crippen LogP contribution in [0.5, 0.6) is 0 Å². The van der Waals surface area contributed by atoms with Crippen molar-refractivity contribution in [1.82, 2.24) is 0 Å². The minimum atomic E-state index is -0.605. The van der Waals surface area contributed by atoms with E-state index in [0.717, 1.165) is 0 Å². The zero-order valence-electron chi connectivity index (χ0n) is 11.6. The Morgan fingerprint density at radius 1 is 1.11 bits per heavy atom. The highest BCUT2D eigenvalue weighted by atomic mass is 16.6. The SMILES string of the molecule is CCOC(=O)c1cc(N)cc(C(=O)OC(C)(C)C)c1. The van der Waals surface area contributed by atoms with Gasteiger partial charge in [-0.3, -0.25) is 0 Å². The molecule has 0 unspecified atom stereocenters. The molecule has 0 aromatic heterocycles. The Labute approximate surface area is 112 Å². The molecule has 104 valence electrons. The van der Waals surface area contributed by atoms with Crippen LogP contribution >= 0.6 is 0 Å². The summed E-state index contributed by atoms with van der Waals surface area (Å²) in [6, 6.07) is 4.35. The largest absolute Gasteiger partial charge is 0.462 e. The van der Waals surface area contributed by atoms with Gasteiger partial charge in [0.15, 0.2) is 0 Å². The molecule has 0 heterocycles. The first-order valence-corrected chi connectivity index (χ1v) is 6.04. The van der Waals surface area contributed by atoms with Crippen LogP contribution in [-0.2, 0) is 9.47 Å². The number of benzene rings is 1. The van der Waals surface area contributed by atoms with E-state index in [9.17, 15) is 9.59 Å². The fourth-order valence-corrected chi connectivity index (χ4v) is 1.44. The van der Waals surface area contributed by atoms with Crippen LogP contribution in [0, 0.1) is 0 Å². The molecule has 19 heavy (non-hydrogen) atoms. The van der Waals surface area contributed by atoms with Crippen molar-refractivity contribution in [2.75, 3.05) is 12.3 Å². The third-order valence-electron chi connectivity index (χ3n) is 2.10. The van der Waals surface area contributed by atoms with E-state index in [-0.39, 0.29) is 17.7 Å². The molecule has 1 rings (SSSR count). The Hall–Kier alpha value is -2.04. The lowest BCUT2D eigenvalue weighted by Gasteiger charge is -2.19. The molecule has 0 radical (unpaired) electrons. The molecule has 1 aromatic rings. The number of ether oxygens (including phenoxy) is 2. The molecule has 5 nitrogen and oxygen atoms in total. The van der Waals surface area contributed by atoms with Crippen LogP contribution in [0.15, 0.2) is 18.2 Å². The number of hydrogen-bond donors (Lipinski definition) is 1. The number of nitrogens with two attached hydrogens (primary N) is 1. The quantitative estimate of drug-likeness (QED) is 0.670. The summed E-state index contributed by atoms with van der Waals surface area (Å²) < 4.78 is 10.1. The molecule has 1 aromatic carbocycles. The summed E-state index contributed by atoms with van der Waals surface area (Å²) in [6.45, 7) is 7.27. The fourth-order valence-electron chi connectivity index (χ4n) is 1.44. The first-order chi connectivity index (χ1) is 8.73. The second-order valence-corrected chi connectivity index (χ2v) is 5.07. The monoisotopic (exact) mass is 265 g/mol. The molecule has 0 spiro atoms. The predicted octanol–water partition coefficient (Wildman–Crippen LogP) is 2.40. The minimum Gasteiger partial charge on any atom is -0.462 e. The number of anilines is 1. The standard InChI is InChI=1S/C14H19NO4/c1-5-18-12(16)9-6-10(8-11(15)7-9)13(17)19-14(2,3)4/h6-8H,5,15H2,1-4H3. The van der Waals surface area contributed by atoms with Crippen LogP contribution in [0.2, 0.25) is 0 Å². The summed E-state index contributed by atoms with van der Waals surface area (Å²) in [5.41, 5.74) is 5.86. The van der Waals surface area contributed by atoms with Crippen molar-refractivity contribution in [1.29, 1.82) is 0 Å². The van der Waals surface area contributed by atoms with E-state index in [1.54, 1.807) is 27.7 Å². The summed E-state index contributed by atoms with van der Waals surface area (Å²) in [6.07, 6.45) is 0.